The Bertz CT molecular complexity index is 712. The summed E-state index contributed by atoms with van der Waals surface area (Å²) in [6, 6.07) is 11.7. The summed E-state index contributed by atoms with van der Waals surface area (Å²) in [7, 11) is -2.36. The maximum atomic E-state index is 12.6. The quantitative estimate of drug-likeness (QED) is 0.763. The first-order valence-electron chi connectivity index (χ1n) is 5.52. The predicted octanol–water partition coefficient (Wildman–Crippen LogP) is 4.58. The Morgan fingerprint density at radius 3 is 2.05 bits per heavy atom. The highest BCUT2D eigenvalue weighted by atomic mass is 79.9. The number of hydrogen-bond acceptors (Lipinski definition) is 2. The van der Waals surface area contributed by atoms with Gasteiger partial charge in [0.2, 0.25) is 0 Å². The molecule has 2 aromatic rings. The average molecular weight is 395 g/mol. The molecule has 0 heterocycles. The molecule has 0 fully saturated rings. The zero-order valence-electron chi connectivity index (χ0n) is 10.3. The van der Waals surface area contributed by atoms with Gasteiger partial charge in [-0.3, -0.25) is 4.31 Å². The number of anilines is 1. The van der Waals surface area contributed by atoms with E-state index < -0.39 is 10.0 Å². The molecule has 0 aromatic heterocycles. The molecular formula is C13H10BrCl2NO2S. The normalized spacial score (nSPS) is 11.4. The highest BCUT2D eigenvalue weighted by molar-refractivity contribution is 9.10. The number of halogens is 3. The molecule has 20 heavy (non-hydrogen) atoms. The van der Waals surface area contributed by atoms with Gasteiger partial charge < -0.3 is 0 Å². The van der Waals surface area contributed by atoms with E-state index >= 15 is 0 Å². The van der Waals surface area contributed by atoms with Crippen LogP contribution in [0.25, 0.3) is 0 Å². The Labute approximate surface area is 136 Å². The second kappa shape index (κ2) is 5.93. The molecule has 0 spiro atoms. The molecule has 3 nitrogen and oxygen atoms in total. The number of para-hydroxylation sites is 1. The van der Waals surface area contributed by atoms with Crippen molar-refractivity contribution >= 4 is 54.8 Å². The highest BCUT2D eigenvalue weighted by Gasteiger charge is 2.27. The highest BCUT2D eigenvalue weighted by Crippen LogP contribution is 2.35. The van der Waals surface area contributed by atoms with E-state index in [-0.39, 0.29) is 14.9 Å². The molecule has 0 saturated heterocycles. The lowest BCUT2D eigenvalue weighted by molar-refractivity contribution is 0.594. The van der Waals surface area contributed by atoms with Crippen molar-refractivity contribution in [2.45, 2.75) is 4.90 Å². The van der Waals surface area contributed by atoms with Crippen LogP contribution in [0.1, 0.15) is 0 Å². The van der Waals surface area contributed by atoms with Gasteiger partial charge in [0.25, 0.3) is 10.0 Å². The summed E-state index contributed by atoms with van der Waals surface area (Å²) in [4.78, 5) is -0.101. The largest absolute Gasteiger partial charge is 0.269 e. The summed E-state index contributed by atoms with van der Waals surface area (Å²) in [6.45, 7) is 0. The van der Waals surface area contributed by atoms with Crippen molar-refractivity contribution in [1.82, 2.24) is 0 Å². The molecule has 2 aromatic carbocycles. The molecule has 2 rings (SSSR count). The number of sulfonamides is 1. The molecule has 106 valence electrons. The summed E-state index contributed by atoms with van der Waals surface area (Å²) in [6.07, 6.45) is 0. The lowest BCUT2D eigenvalue weighted by atomic mass is 10.3. The summed E-state index contributed by atoms with van der Waals surface area (Å²) in [5.74, 6) is 0. The van der Waals surface area contributed by atoms with Crippen molar-refractivity contribution in [3.8, 4) is 0 Å². The van der Waals surface area contributed by atoms with Gasteiger partial charge in [0.1, 0.15) is 4.90 Å². The zero-order chi connectivity index (χ0) is 14.9. The van der Waals surface area contributed by atoms with Gasteiger partial charge in [0, 0.05) is 11.5 Å². The fraction of sp³-hybridized carbons (Fsp3) is 0.0769. The van der Waals surface area contributed by atoms with Crippen LogP contribution in [0.4, 0.5) is 5.69 Å². The summed E-state index contributed by atoms with van der Waals surface area (Å²) in [5.41, 5.74) is 0.530. The van der Waals surface area contributed by atoms with Gasteiger partial charge in [-0.1, -0.05) is 57.3 Å². The molecule has 0 radical (unpaired) electrons. The van der Waals surface area contributed by atoms with Crippen molar-refractivity contribution in [2.24, 2.45) is 0 Å². The number of rotatable bonds is 3. The molecule has 0 aliphatic heterocycles. The molecule has 0 unspecified atom stereocenters. The summed E-state index contributed by atoms with van der Waals surface area (Å²) >= 11 is 15.3. The van der Waals surface area contributed by atoms with E-state index in [0.29, 0.717) is 10.2 Å². The van der Waals surface area contributed by atoms with Crippen LogP contribution in [0, 0.1) is 0 Å². The van der Waals surface area contributed by atoms with Crippen LogP contribution in [-0.2, 0) is 10.0 Å². The fourth-order valence-corrected chi connectivity index (χ4v) is 4.77. The van der Waals surface area contributed by atoms with Crippen LogP contribution in [0.15, 0.2) is 51.8 Å². The second-order valence-corrected chi connectivity index (χ2v) is 7.64. The summed E-state index contributed by atoms with van der Waals surface area (Å²) < 4.78 is 27.0. The van der Waals surface area contributed by atoms with Crippen molar-refractivity contribution in [3.05, 3.63) is 57.0 Å². The minimum Gasteiger partial charge on any atom is -0.269 e. The number of nitrogens with zero attached hydrogens (tertiary/aromatic N) is 1. The molecule has 0 atom stereocenters. The number of benzene rings is 2. The van der Waals surface area contributed by atoms with Gasteiger partial charge in [-0.15, -0.1) is 0 Å². The minimum atomic E-state index is -3.82. The van der Waals surface area contributed by atoms with Crippen LogP contribution in [-0.4, -0.2) is 15.5 Å². The van der Waals surface area contributed by atoms with Crippen molar-refractivity contribution in [1.29, 1.82) is 0 Å². The molecule has 0 aliphatic rings. The average Bonchev–Trinajstić information content (AvgIpc) is 2.37. The van der Waals surface area contributed by atoms with Crippen LogP contribution in [0.3, 0.4) is 0 Å². The molecule has 7 heteroatoms. The van der Waals surface area contributed by atoms with Crippen LogP contribution < -0.4 is 4.31 Å². The first-order chi connectivity index (χ1) is 9.34. The molecular weight excluding hydrogens is 385 g/mol. The van der Waals surface area contributed by atoms with Crippen LogP contribution in [0.5, 0.6) is 0 Å². The van der Waals surface area contributed by atoms with Gasteiger partial charge in [-0.2, -0.15) is 0 Å². The number of hydrogen-bond donors (Lipinski definition) is 0. The Kier molecular flexibility index (Phi) is 4.64. The first-order valence-corrected chi connectivity index (χ1v) is 8.51. The fourth-order valence-electron chi connectivity index (χ4n) is 1.69. The molecule has 0 amide bonds. The Morgan fingerprint density at radius 2 is 1.55 bits per heavy atom. The Morgan fingerprint density at radius 1 is 1.05 bits per heavy atom. The Balaban J connectivity index is 2.57. The standard InChI is InChI=1S/C13H10BrCl2NO2S/c1-17(10-5-3-2-4-6-10)20(18,19)13-11(15)7-9(14)8-12(13)16/h2-8H,1H3. The van der Waals surface area contributed by atoms with Gasteiger partial charge in [-0.05, 0) is 24.3 Å². The smallest absolute Gasteiger partial charge is 0.267 e. The van der Waals surface area contributed by atoms with Gasteiger partial charge >= 0.3 is 0 Å². The monoisotopic (exact) mass is 393 g/mol. The van der Waals surface area contributed by atoms with Gasteiger partial charge in [0.15, 0.2) is 0 Å². The SMILES string of the molecule is CN(c1ccccc1)S(=O)(=O)c1c(Cl)cc(Br)cc1Cl. The van der Waals surface area contributed by atoms with E-state index in [2.05, 4.69) is 15.9 Å². The third kappa shape index (κ3) is 2.96. The van der Waals surface area contributed by atoms with Crippen LogP contribution >= 0.6 is 39.1 Å². The maximum Gasteiger partial charge on any atom is 0.267 e. The third-order valence-corrected chi connectivity index (χ3v) is 5.87. The van der Waals surface area contributed by atoms with Crippen molar-refractivity contribution in [3.63, 3.8) is 0 Å². The lowest BCUT2D eigenvalue weighted by Gasteiger charge is -2.21. The third-order valence-electron chi connectivity index (χ3n) is 2.70. The maximum absolute atomic E-state index is 12.6. The van der Waals surface area contributed by atoms with Gasteiger partial charge in [0.05, 0.1) is 15.7 Å². The van der Waals surface area contributed by atoms with Crippen molar-refractivity contribution < 1.29 is 8.42 Å². The van der Waals surface area contributed by atoms with E-state index in [0.717, 1.165) is 4.31 Å². The van der Waals surface area contributed by atoms with E-state index in [1.165, 1.54) is 19.2 Å². The minimum absolute atomic E-state index is 0.0761. The first kappa shape index (κ1) is 15.6. The Hall–Kier alpha value is -0.750. The molecule has 0 saturated carbocycles. The van der Waals surface area contributed by atoms with E-state index in [1.54, 1.807) is 24.3 Å². The van der Waals surface area contributed by atoms with Gasteiger partial charge in [-0.25, -0.2) is 8.42 Å². The predicted molar refractivity (Wildman–Crippen MR) is 86.2 cm³/mol. The topological polar surface area (TPSA) is 37.4 Å². The second-order valence-electron chi connectivity index (χ2n) is 4.01. The lowest BCUT2D eigenvalue weighted by Crippen LogP contribution is -2.27. The zero-order valence-corrected chi connectivity index (χ0v) is 14.3. The van der Waals surface area contributed by atoms with Crippen LogP contribution in [0.2, 0.25) is 10.0 Å². The van der Waals surface area contributed by atoms with Crippen molar-refractivity contribution in [2.75, 3.05) is 11.4 Å². The van der Waals surface area contributed by atoms with E-state index in [9.17, 15) is 8.42 Å². The van der Waals surface area contributed by atoms with E-state index in [4.69, 9.17) is 23.2 Å². The van der Waals surface area contributed by atoms with E-state index in [1.807, 2.05) is 6.07 Å². The molecule has 0 N–H and O–H groups in total. The summed E-state index contributed by atoms with van der Waals surface area (Å²) in [5, 5.41) is 0.152. The molecule has 0 bridgehead atoms. The molecule has 0 aliphatic carbocycles.